The smallest absolute Gasteiger partial charge is 0.0672 e. The molecule has 1 aromatic carbocycles. The van der Waals surface area contributed by atoms with Gasteiger partial charge in [0.25, 0.3) is 0 Å². The highest BCUT2D eigenvalue weighted by atomic mass is 15.2. The first kappa shape index (κ1) is 12.7. The molecule has 1 saturated heterocycles. The van der Waals surface area contributed by atoms with E-state index in [1.807, 2.05) is 0 Å². The molecule has 2 heteroatoms. The van der Waals surface area contributed by atoms with Crippen LogP contribution in [0.1, 0.15) is 43.6 Å². The van der Waals surface area contributed by atoms with Crippen molar-refractivity contribution in [2.45, 2.75) is 44.1 Å². The Morgan fingerprint density at radius 1 is 1.05 bits per heavy atom. The van der Waals surface area contributed by atoms with Crippen molar-refractivity contribution < 1.29 is 0 Å². The maximum Gasteiger partial charge on any atom is 0.0672 e. The van der Waals surface area contributed by atoms with Gasteiger partial charge in [-0.25, -0.2) is 0 Å². The fourth-order valence-electron chi connectivity index (χ4n) is 3.78. The second-order valence-electron chi connectivity index (χ2n) is 5.98. The topological polar surface area (TPSA) is 27.0 Å². The van der Waals surface area contributed by atoms with Crippen LogP contribution >= 0.6 is 0 Å². The van der Waals surface area contributed by atoms with E-state index in [-0.39, 0.29) is 5.92 Å². The highest BCUT2D eigenvalue weighted by Crippen LogP contribution is 2.34. The molecule has 1 aliphatic heterocycles. The molecule has 2 aliphatic rings. The summed E-state index contributed by atoms with van der Waals surface area (Å²) in [5, 5.41) is 9.33. The quantitative estimate of drug-likeness (QED) is 0.807. The average molecular weight is 254 g/mol. The zero-order valence-electron chi connectivity index (χ0n) is 11.5. The number of benzene rings is 1. The van der Waals surface area contributed by atoms with Crippen LogP contribution in [-0.2, 0) is 0 Å². The van der Waals surface area contributed by atoms with Gasteiger partial charge in [-0.2, -0.15) is 5.26 Å². The molecule has 0 spiro atoms. The van der Waals surface area contributed by atoms with Crippen LogP contribution in [0, 0.1) is 17.2 Å². The molecule has 2 fully saturated rings. The van der Waals surface area contributed by atoms with E-state index < -0.39 is 0 Å². The van der Waals surface area contributed by atoms with E-state index in [0.717, 1.165) is 13.0 Å². The molecule has 0 bridgehead atoms. The van der Waals surface area contributed by atoms with Gasteiger partial charge >= 0.3 is 0 Å². The molecule has 0 N–H and O–H groups in total. The summed E-state index contributed by atoms with van der Waals surface area (Å²) in [5.41, 5.74) is 1.47. The van der Waals surface area contributed by atoms with E-state index in [0.29, 0.717) is 12.0 Å². The summed E-state index contributed by atoms with van der Waals surface area (Å²) >= 11 is 0. The number of hydrogen-bond acceptors (Lipinski definition) is 2. The van der Waals surface area contributed by atoms with Gasteiger partial charge in [0.05, 0.1) is 12.0 Å². The maximum absolute atomic E-state index is 9.33. The fourth-order valence-corrected chi connectivity index (χ4v) is 3.78. The summed E-state index contributed by atoms with van der Waals surface area (Å²) in [4.78, 5) is 2.59. The molecule has 3 unspecified atom stereocenters. The van der Waals surface area contributed by atoms with Crippen LogP contribution in [0.25, 0.3) is 0 Å². The van der Waals surface area contributed by atoms with Crippen LogP contribution in [-0.4, -0.2) is 24.0 Å². The number of nitriles is 1. The third-order valence-corrected chi connectivity index (χ3v) is 4.85. The summed E-state index contributed by atoms with van der Waals surface area (Å²) in [5.74, 6) is 0.936. The van der Waals surface area contributed by atoms with Crippen LogP contribution in [0.4, 0.5) is 0 Å². The van der Waals surface area contributed by atoms with E-state index in [2.05, 4.69) is 41.3 Å². The molecule has 0 radical (unpaired) electrons. The zero-order chi connectivity index (χ0) is 13.1. The summed E-state index contributed by atoms with van der Waals surface area (Å²) in [6.07, 6.45) is 6.12. The number of hydrogen-bond donors (Lipinski definition) is 0. The Labute approximate surface area is 116 Å². The second kappa shape index (κ2) is 5.75. The zero-order valence-corrected chi connectivity index (χ0v) is 11.5. The molecule has 1 heterocycles. The monoisotopic (exact) mass is 254 g/mol. The Morgan fingerprint density at radius 2 is 1.84 bits per heavy atom. The first-order valence-electron chi connectivity index (χ1n) is 7.57. The lowest BCUT2D eigenvalue weighted by Gasteiger charge is -2.34. The van der Waals surface area contributed by atoms with Gasteiger partial charge in [-0.3, -0.25) is 4.90 Å². The molecule has 1 aromatic rings. The highest BCUT2D eigenvalue weighted by molar-refractivity contribution is 5.21. The predicted molar refractivity (Wildman–Crippen MR) is 76.7 cm³/mol. The predicted octanol–water partition coefficient (Wildman–Crippen LogP) is 3.56. The van der Waals surface area contributed by atoms with Gasteiger partial charge in [-0.15, -0.1) is 0 Å². The van der Waals surface area contributed by atoms with Crippen molar-refractivity contribution in [3.05, 3.63) is 35.9 Å². The van der Waals surface area contributed by atoms with Crippen LogP contribution in [0.5, 0.6) is 0 Å². The van der Waals surface area contributed by atoms with Gasteiger partial charge in [0.2, 0.25) is 0 Å². The molecule has 0 amide bonds. The summed E-state index contributed by atoms with van der Waals surface area (Å²) in [6, 6.07) is 13.9. The van der Waals surface area contributed by atoms with Crippen LogP contribution in [0.3, 0.4) is 0 Å². The van der Waals surface area contributed by atoms with Crippen LogP contribution in [0.2, 0.25) is 0 Å². The van der Waals surface area contributed by atoms with Gasteiger partial charge in [-0.1, -0.05) is 43.2 Å². The molecule has 3 atom stereocenters. The standard InChI is InChI=1S/C17H22N2/c18-12-15-8-4-5-9-17(15)19-11-10-16(13-19)14-6-2-1-3-7-14/h1-3,6-7,15-17H,4-5,8-11,13H2. The lowest BCUT2D eigenvalue weighted by atomic mass is 9.84. The van der Waals surface area contributed by atoms with Crippen molar-refractivity contribution in [3.63, 3.8) is 0 Å². The number of nitrogens with zero attached hydrogens (tertiary/aromatic N) is 2. The molecular weight excluding hydrogens is 232 g/mol. The first-order chi connectivity index (χ1) is 9.38. The fraction of sp³-hybridized carbons (Fsp3) is 0.588. The summed E-state index contributed by atoms with van der Waals surface area (Å²) in [6.45, 7) is 2.31. The third kappa shape index (κ3) is 2.67. The largest absolute Gasteiger partial charge is 0.298 e. The molecule has 2 nitrogen and oxygen atoms in total. The van der Waals surface area contributed by atoms with Crippen LogP contribution in [0.15, 0.2) is 30.3 Å². The van der Waals surface area contributed by atoms with Gasteiger partial charge in [0.15, 0.2) is 0 Å². The maximum atomic E-state index is 9.33. The molecule has 0 aromatic heterocycles. The normalized spacial score (nSPS) is 32.1. The minimum atomic E-state index is 0.267. The molecule has 3 rings (SSSR count). The Morgan fingerprint density at radius 3 is 2.63 bits per heavy atom. The van der Waals surface area contributed by atoms with Crippen molar-refractivity contribution in [1.82, 2.24) is 4.90 Å². The summed E-state index contributed by atoms with van der Waals surface area (Å²) < 4.78 is 0. The van der Waals surface area contributed by atoms with Crippen LogP contribution < -0.4 is 0 Å². The van der Waals surface area contributed by atoms with Gasteiger partial charge in [0.1, 0.15) is 0 Å². The van der Waals surface area contributed by atoms with E-state index in [1.165, 1.54) is 37.8 Å². The highest BCUT2D eigenvalue weighted by Gasteiger charge is 2.34. The van der Waals surface area contributed by atoms with Crippen molar-refractivity contribution in [1.29, 1.82) is 5.26 Å². The molecule has 1 saturated carbocycles. The van der Waals surface area contributed by atoms with Gasteiger partial charge in [-0.05, 0) is 37.3 Å². The Kier molecular flexibility index (Phi) is 3.84. The Hall–Kier alpha value is -1.33. The average Bonchev–Trinajstić information content (AvgIpc) is 2.98. The van der Waals surface area contributed by atoms with E-state index in [9.17, 15) is 5.26 Å². The number of rotatable bonds is 2. The van der Waals surface area contributed by atoms with Crippen molar-refractivity contribution >= 4 is 0 Å². The van der Waals surface area contributed by atoms with E-state index in [1.54, 1.807) is 0 Å². The number of likely N-dealkylation sites (tertiary alicyclic amines) is 1. The minimum Gasteiger partial charge on any atom is -0.298 e. The van der Waals surface area contributed by atoms with Crippen molar-refractivity contribution in [2.24, 2.45) is 5.92 Å². The lowest BCUT2D eigenvalue weighted by Crippen LogP contribution is -2.40. The van der Waals surface area contributed by atoms with Gasteiger partial charge in [0, 0.05) is 12.6 Å². The molecule has 100 valence electrons. The van der Waals surface area contributed by atoms with E-state index in [4.69, 9.17) is 0 Å². The van der Waals surface area contributed by atoms with Gasteiger partial charge < -0.3 is 0 Å². The van der Waals surface area contributed by atoms with E-state index >= 15 is 0 Å². The molecular formula is C17H22N2. The van der Waals surface area contributed by atoms with Crippen molar-refractivity contribution in [3.8, 4) is 6.07 Å². The molecule has 1 aliphatic carbocycles. The minimum absolute atomic E-state index is 0.267. The molecule has 19 heavy (non-hydrogen) atoms. The van der Waals surface area contributed by atoms with Crippen molar-refractivity contribution in [2.75, 3.05) is 13.1 Å². The second-order valence-corrected chi connectivity index (χ2v) is 5.98. The summed E-state index contributed by atoms with van der Waals surface area (Å²) in [7, 11) is 0. The first-order valence-corrected chi connectivity index (χ1v) is 7.57. The SMILES string of the molecule is N#CC1CCCCC1N1CCC(c2ccccc2)C1. The Balaban J connectivity index is 1.67. The Bertz CT molecular complexity index is 448. The third-order valence-electron chi connectivity index (χ3n) is 4.85. The lowest BCUT2D eigenvalue weighted by molar-refractivity contribution is 0.155.